The molecule has 0 amide bonds. The maximum Gasteiger partial charge on any atom is 0.505 e. The Morgan fingerprint density at radius 3 is 2.55 bits per heavy atom. The number of ether oxygens (including phenoxy) is 2. The van der Waals surface area contributed by atoms with Gasteiger partial charge in [0.25, 0.3) is 0 Å². The van der Waals surface area contributed by atoms with E-state index in [-0.39, 0.29) is 12.6 Å². The topological polar surface area (TPSA) is 72.8 Å². The van der Waals surface area contributed by atoms with E-state index in [2.05, 4.69) is 4.74 Å². The van der Waals surface area contributed by atoms with Crippen molar-refractivity contribution in [1.82, 2.24) is 0 Å². The van der Waals surface area contributed by atoms with Crippen LogP contribution in [0.5, 0.6) is 0 Å². The SMILES string of the molecule is CCOC(=O)c1ccccc1CCCCCOC(=O)O. The summed E-state index contributed by atoms with van der Waals surface area (Å²) >= 11 is 0. The van der Waals surface area contributed by atoms with Crippen molar-refractivity contribution in [2.24, 2.45) is 0 Å². The third-order valence-corrected chi connectivity index (χ3v) is 2.83. The van der Waals surface area contributed by atoms with Gasteiger partial charge in [-0.15, -0.1) is 0 Å². The predicted octanol–water partition coefficient (Wildman–Crippen LogP) is 3.27. The average molecular weight is 280 g/mol. The number of hydrogen-bond acceptors (Lipinski definition) is 4. The Hall–Kier alpha value is -2.04. The van der Waals surface area contributed by atoms with Crippen LogP contribution in [0.3, 0.4) is 0 Å². The average Bonchev–Trinajstić information content (AvgIpc) is 2.43. The molecule has 5 nitrogen and oxygen atoms in total. The molecule has 0 atom stereocenters. The predicted molar refractivity (Wildman–Crippen MR) is 73.9 cm³/mol. The molecule has 0 aliphatic heterocycles. The van der Waals surface area contributed by atoms with Crippen molar-refractivity contribution in [2.45, 2.75) is 32.6 Å². The second-order valence-electron chi connectivity index (χ2n) is 4.30. The molecule has 1 aromatic rings. The minimum atomic E-state index is -1.24. The fourth-order valence-corrected chi connectivity index (χ4v) is 1.90. The molecule has 0 aromatic heterocycles. The van der Waals surface area contributed by atoms with Crippen molar-refractivity contribution in [3.05, 3.63) is 35.4 Å². The van der Waals surface area contributed by atoms with Crippen LogP contribution in [0.25, 0.3) is 0 Å². The van der Waals surface area contributed by atoms with E-state index < -0.39 is 6.16 Å². The summed E-state index contributed by atoms with van der Waals surface area (Å²) in [6.07, 6.45) is 1.94. The number of hydrogen-bond donors (Lipinski definition) is 1. The highest BCUT2D eigenvalue weighted by molar-refractivity contribution is 5.91. The van der Waals surface area contributed by atoms with Gasteiger partial charge in [0.1, 0.15) is 0 Å². The standard InChI is InChI=1S/C15H20O5/c1-2-19-14(16)13-10-6-5-9-12(13)8-4-3-7-11-20-15(17)18/h5-6,9-10H,2-4,7-8,11H2,1H3,(H,17,18). The van der Waals surface area contributed by atoms with Crippen LogP contribution in [-0.4, -0.2) is 30.4 Å². The Morgan fingerprint density at radius 1 is 1.10 bits per heavy atom. The number of unbranched alkanes of at least 4 members (excludes halogenated alkanes) is 2. The summed E-state index contributed by atoms with van der Waals surface area (Å²) in [5, 5.41) is 8.32. The highest BCUT2D eigenvalue weighted by Crippen LogP contribution is 2.14. The largest absolute Gasteiger partial charge is 0.505 e. The van der Waals surface area contributed by atoms with E-state index in [1.165, 1.54) is 0 Å². The van der Waals surface area contributed by atoms with E-state index in [0.29, 0.717) is 18.6 Å². The zero-order valence-corrected chi connectivity index (χ0v) is 11.6. The van der Waals surface area contributed by atoms with E-state index in [1.54, 1.807) is 13.0 Å². The van der Waals surface area contributed by atoms with Gasteiger partial charge in [-0.2, -0.15) is 0 Å². The number of aryl methyl sites for hydroxylation is 1. The lowest BCUT2D eigenvalue weighted by Crippen LogP contribution is -2.08. The van der Waals surface area contributed by atoms with E-state index in [4.69, 9.17) is 9.84 Å². The van der Waals surface area contributed by atoms with Crippen LogP contribution in [0.15, 0.2) is 24.3 Å². The van der Waals surface area contributed by atoms with Gasteiger partial charge in [-0.05, 0) is 44.2 Å². The first-order valence-electron chi connectivity index (χ1n) is 6.76. The van der Waals surface area contributed by atoms with Crippen LogP contribution >= 0.6 is 0 Å². The van der Waals surface area contributed by atoms with Gasteiger partial charge >= 0.3 is 12.1 Å². The summed E-state index contributed by atoms with van der Waals surface area (Å²) in [6.45, 7) is 2.36. The summed E-state index contributed by atoms with van der Waals surface area (Å²) < 4.78 is 9.45. The van der Waals surface area contributed by atoms with E-state index >= 15 is 0 Å². The number of carbonyl (C=O) groups excluding carboxylic acids is 1. The molecule has 110 valence electrons. The molecule has 0 radical (unpaired) electrons. The van der Waals surface area contributed by atoms with Crippen LogP contribution in [-0.2, 0) is 15.9 Å². The maximum atomic E-state index is 11.8. The Balaban J connectivity index is 2.40. The smallest absolute Gasteiger partial charge is 0.462 e. The molecule has 5 heteroatoms. The summed E-state index contributed by atoms with van der Waals surface area (Å²) in [5.74, 6) is -0.294. The summed E-state index contributed by atoms with van der Waals surface area (Å²) in [5.41, 5.74) is 1.57. The minimum absolute atomic E-state index is 0.217. The fourth-order valence-electron chi connectivity index (χ4n) is 1.90. The van der Waals surface area contributed by atoms with Crippen LogP contribution in [0.1, 0.15) is 42.1 Å². The van der Waals surface area contributed by atoms with Crippen LogP contribution in [0.2, 0.25) is 0 Å². The lowest BCUT2D eigenvalue weighted by Gasteiger charge is -2.08. The summed E-state index contributed by atoms with van der Waals surface area (Å²) in [7, 11) is 0. The van der Waals surface area contributed by atoms with Crippen molar-refractivity contribution >= 4 is 12.1 Å². The van der Waals surface area contributed by atoms with Crippen molar-refractivity contribution in [3.63, 3.8) is 0 Å². The van der Waals surface area contributed by atoms with Gasteiger partial charge in [0.15, 0.2) is 0 Å². The van der Waals surface area contributed by atoms with Crippen LogP contribution in [0, 0.1) is 0 Å². The zero-order chi connectivity index (χ0) is 14.8. The van der Waals surface area contributed by atoms with Crippen LogP contribution < -0.4 is 0 Å². The molecule has 0 aliphatic carbocycles. The molecule has 0 spiro atoms. The highest BCUT2D eigenvalue weighted by atomic mass is 16.7. The first-order chi connectivity index (χ1) is 9.65. The molecule has 20 heavy (non-hydrogen) atoms. The first-order valence-corrected chi connectivity index (χ1v) is 6.76. The molecule has 0 saturated carbocycles. The molecule has 1 aromatic carbocycles. The monoisotopic (exact) mass is 280 g/mol. The Labute approximate surface area is 118 Å². The van der Waals surface area contributed by atoms with Crippen molar-refractivity contribution in [2.75, 3.05) is 13.2 Å². The quantitative estimate of drug-likeness (QED) is 0.584. The van der Waals surface area contributed by atoms with Crippen molar-refractivity contribution < 1.29 is 24.2 Å². The van der Waals surface area contributed by atoms with Crippen LogP contribution in [0.4, 0.5) is 4.79 Å². The Bertz CT molecular complexity index is 442. The summed E-state index contributed by atoms with van der Waals surface area (Å²) in [6, 6.07) is 7.39. The first kappa shape index (κ1) is 16.0. The van der Waals surface area contributed by atoms with Gasteiger partial charge in [0, 0.05) is 0 Å². The molecule has 0 aliphatic rings. The highest BCUT2D eigenvalue weighted by Gasteiger charge is 2.11. The molecule has 1 N–H and O–H groups in total. The van der Waals surface area contributed by atoms with Gasteiger partial charge in [-0.25, -0.2) is 9.59 Å². The molecule has 0 saturated heterocycles. The molecule has 0 unspecified atom stereocenters. The Kier molecular flexibility index (Phi) is 7.17. The van der Waals surface area contributed by atoms with Gasteiger partial charge in [-0.3, -0.25) is 0 Å². The molecular weight excluding hydrogens is 260 g/mol. The van der Waals surface area contributed by atoms with Gasteiger partial charge in [0.2, 0.25) is 0 Å². The number of carbonyl (C=O) groups is 2. The van der Waals surface area contributed by atoms with Gasteiger partial charge in [-0.1, -0.05) is 18.2 Å². The molecule has 1 rings (SSSR count). The number of esters is 1. The molecule has 0 fully saturated rings. The Morgan fingerprint density at radius 2 is 1.85 bits per heavy atom. The van der Waals surface area contributed by atoms with Crippen molar-refractivity contribution in [3.8, 4) is 0 Å². The molecule has 0 heterocycles. The lowest BCUT2D eigenvalue weighted by atomic mass is 10.0. The number of carboxylic acid groups (broad SMARTS) is 1. The zero-order valence-electron chi connectivity index (χ0n) is 11.6. The maximum absolute atomic E-state index is 11.8. The number of rotatable bonds is 8. The second kappa shape index (κ2) is 8.96. The minimum Gasteiger partial charge on any atom is -0.462 e. The normalized spacial score (nSPS) is 10.1. The second-order valence-corrected chi connectivity index (χ2v) is 4.30. The third-order valence-electron chi connectivity index (χ3n) is 2.83. The lowest BCUT2D eigenvalue weighted by molar-refractivity contribution is 0.0524. The molecular formula is C15H20O5. The van der Waals surface area contributed by atoms with Crippen molar-refractivity contribution in [1.29, 1.82) is 0 Å². The van der Waals surface area contributed by atoms with Gasteiger partial charge < -0.3 is 14.6 Å². The van der Waals surface area contributed by atoms with E-state index in [0.717, 1.165) is 24.8 Å². The molecule has 0 bridgehead atoms. The third kappa shape index (κ3) is 5.73. The van der Waals surface area contributed by atoms with E-state index in [9.17, 15) is 9.59 Å². The van der Waals surface area contributed by atoms with Gasteiger partial charge in [0.05, 0.1) is 18.8 Å². The fraction of sp³-hybridized carbons (Fsp3) is 0.467. The number of benzene rings is 1. The summed E-state index contributed by atoms with van der Waals surface area (Å²) in [4.78, 5) is 21.9. The van der Waals surface area contributed by atoms with E-state index in [1.807, 2.05) is 18.2 Å².